The van der Waals surface area contributed by atoms with Crippen molar-refractivity contribution in [3.8, 4) is 0 Å². The summed E-state index contributed by atoms with van der Waals surface area (Å²) < 4.78 is 13.5. The fourth-order valence-electron chi connectivity index (χ4n) is 2.18. The van der Waals surface area contributed by atoms with Gasteiger partial charge >= 0.3 is 0 Å². The van der Waals surface area contributed by atoms with Gasteiger partial charge in [-0.05, 0) is 25.0 Å². The molecule has 0 unspecified atom stereocenters. The van der Waals surface area contributed by atoms with Gasteiger partial charge in [-0.15, -0.1) is 0 Å². The van der Waals surface area contributed by atoms with Crippen molar-refractivity contribution in [3.63, 3.8) is 0 Å². The normalized spacial score (nSPS) is 11.2. The number of amides is 1. The SMILES string of the molecule is CCC(CC)N(CCO)C(=O)C=Cc1ccccc1F. The molecule has 0 atom stereocenters. The summed E-state index contributed by atoms with van der Waals surface area (Å²) in [5.41, 5.74) is 0.384. The molecule has 0 heterocycles. The first kappa shape index (κ1) is 16.4. The van der Waals surface area contributed by atoms with Crippen molar-refractivity contribution in [1.82, 2.24) is 4.90 Å². The van der Waals surface area contributed by atoms with Gasteiger partial charge in [-0.1, -0.05) is 32.0 Å². The maximum Gasteiger partial charge on any atom is 0.246 e. The molecule has 1 aromatic carbocycles. The molecule has 0 saturated heterocycles. The van der Waals surface area contributed by atoms with Gasteiger partial charge in [-0.25, -0.2) is 4.39 Å². The first-order valence-corrected chi connectivity index (χ1v) is 6.98. The highest BCUT2D eigenvalue weighted by molar-refractivity contribution is 5.92. The molecule has 3 nitrogen and oxygen atoms in total. The average molecular weight is 279 g/mol. The van der Waals surface area contributed by atoms with Gasteiger partial charge in [0.15, 0.2) is 0 Å². The number of hydrogen-bond donors (Lipinski definition) is 1. The van der Waals surface area contributed by atoms with Crippen molar-refractivity contribution in [2.75, 3.05) is 13.2 Å². The third-order valence-electron chi connectivity index (χ3n) is 3.32. The van der Waals surface area contributed by atoms with E-state index in [4.69, 9.17) is 5.11 Å². The van der Waals surface area contributed by atoms with E-state index < -0.39 is 0 Å². The summed E-state index contributed by atoms with van der Waals surface area (Å²) in [6, 6.07) is 6.40. The van der Waals surface area contributed by atoms with Crippen LogP contribution in [0.3, 0.4) is 0 Å². The number of carbonyl (C=O) groups is 1. The number of aliphatic hydroxyl groups excluding tert-OH is 1. The number of carbonyl (C=O) groups excluding carboxylic acids is 1. The molecule has 0 aliphatic heterocycles. The van der Waals surface area contributed by atoms with E-state index in [1.54, 1.807) is 23.1 Å². The van der Waals surface area contributed by atoms with Gasteiger partial charge < -0.3 is 10.0 Å². The summed E-state index contributed by atoms with van der Waals surface area (Å²) in [5, 5.41) is 9.08. The summed E-state index contributed by atoms with van der Waals surface area (Å²) in [6.07, 6.45) is 4.50. The summed E-state index contributed by atoms with van der Waals surface area (Å²) in [7, 11) is 0. The smallest absolute Gasteiger partial charge is 0.246 e. The lowest BCUT2D eigenvalue weighted by molar-refractivity contribution is -0.128. The van der Waals surface area contributed by atoms with E-state index in [2.05, 4.69) is 0 Å². The summed E-state index contributed by atoms with van der Waals surface area (Å²) >= 11 is 0. The fourth-order valence-corrected chi connectivity index (χ4v) is 2.18. The molecular weight excluding hydrogens is 257 g/mol. The molecule has 4 heteroatoms. The monoisotopic (exact) mass is 279 g/mol. The van der Waals surface area contributed by atoms with E-state index in [0.717, 1.165) is 12.8 Å². The summed E-state index contributed by atoms with van der Waals surface area (Å²) in [6.45, 7) is 4.24. The molecule has 0 spiro atoms. The second-order valence-corrected chi connectivity index (χ2v) is 4.58. The van der Waals surface area contributed by atoms with Crippen molar-refractivity contribution in [3.05, 3.63) is 41.7 Å². The minimum Gasteiger partial charge on any atom is -0.395 e. The Hall–Kier alpha value is -1.68. The zero-order valence-corrected chi connectivity index (χ0v) is 12.1. The van der Waals surface area contributed by atoms with E-state index in [0.29, 0.717) is 12.1 Å². The number of hydrogen-bond acceptors (Lipinski definition) is 2. The van der Waals surface area contributed by atoms with Gasteiger partial charge in [0, 0.05) is 24.2 Å². The molecule has 20 heavy (non-hydrogen) atoms. The molecule has 0 saturated carbocycles. The minimum absolute atomic E-state index is 0.0736. The standard InChI is InChI=1S/C16H22FNO2/c1-3-14(4-2)18(11-12-19)16(20)10-9-13-7-5-6-8-15(13)17/h5-10,14,19H,3-4,11-12H2,1-2H3. The Balaban J connectivity index is 2.83. The number of nitrogens with zero attached hydrogens (tertiary/aromatic N) is 1. The molecule has 1 aromatic rings. The van der Waals surface area contributed by atoms with Gasteiger partial charge in [0.05, 0.1) is 6.61 Å². The first-order chi connectivity index (χ1) is 9.63. The highest BCUT2D eigenvalue weighted by atomic mass is 19.1. The molecular formula is C16H22FNO2. The number of halogens is 1. The van der Waals surface area contributed by atoms with Crippen LogP contribution in [0.4, 0.5) is 4.39 Å². The Labute approximate surface area is 119 Å². The lowest BCUT2D eigenvalue weighted by Crippen LogP contribution is -2.40. The van der Waals surface area contributed by atoms with Gasteiger partial charge in [-0.3, -0.25) is 4.79 Å². The first-order valence-electron chi connectivity index (χ1n) is 6.98. The van der Waals surface area contributed by atoms with Crippen LogP contribution in [0.15, 0.2) is 30.3 Å². The van der Waals surface area contributed by atoms with Crippen LogP contribution in [0, 0.1) is 5.82 Å². The Kier molecular flexibility index (Phi) is 6.94. The third kappa shape index (κ3) is 4.46. The minimum atomic E-state index is -0.354. The van der Waals surface area contributed by atoms with E-state index >= 15 is 0 Å². The van der Waals surface area contributed by atoms with Gasteiger partial charge in [0.1, 0.15) is 5.82 Å². The summed E-state index contributed by atoms with van der Waals surface area (Å²) in [5.74, 6) is -0.552. The summed E-state index contributed by atoms with van der Waals surface area (Å²) in [4.78, 5) is 13.8. The van der Waals surface area contributed by atoms with E-state index in [-0.39, 0.29) is 24.4 Å². The van der Waals surface area contributed by atoms with E-state index in [9.17, 15) is 9.18 Å². The Bertz CT molecular complexity index is 456. The number of aliphatic hydroxyl groups is 1. The Morgan fingerprint density at radius 2 is 2.00 bits per heavy atom. The quantitative estimate of drug-likeness (QED) is 0.780. The average Bonchev–Trinajstić information content (AvgIpc) is 2.46. The van der Waals surface area contributed by atoms with Crippen LogP contribution >= 0.6 is 0 Å². The topological polar surface area (TPSA) is 40.5 Å². The predicted molar refractivity (Wildman–Crippen MR) is 78.6 cm³/mol. The number of rotatable bonds is 7. The van der Waals surface area contributed by atoms with Crippen molar-refractivity contribution >= 4 is 12.0 Å². The molecule has 0 fully saturated rings. The third-order valence-corrected chi connectivity index (χ3v) is 3.32. The lowest BCUT2D eigenvalue weighted by atomic mass is 10.1. The fraction of sp³-hybridized carbons (Fsp3) is 0.438. The van der Waals surface area contributed by atoms with Crippen LogP contribution in [0.2, 0.25) is 0 Å². The second-order valence-electron chi connectivity index (χ2n) is 4.58. The Morgan fingerprint density at radius 1 is 1.35 bits per heavy atom. The second kappa shape index (κ2) is 8.48. The predicted octanol–water partition coefficient (Wildman–Crippen LogP) is 2.85. The van der Waals surface area contributed by atoms with Crippen molar-refractivity contribution in [2.45, 2.75) is 32.7 Å². The molecule has 0 bridgehead atoms. The zero-order chi connectivity index (χ0) is 15.0. The van der Waals surface area contributed by atoms with E-state index in [1.165, 1.54) is 18.2 Å². The molecule has 0 aliphatic rings. The van der Waals surface area contributed by atoms with Crippen molar-refractivity contribution < 1.29 is 14.3 Å². The maximum atomic E-state index is 13.5. The van der Waals surface area contributed by atoms with Crippen LogP contribution in [-0.2, 0) is 4.79 Å². The maximum absolute atomic E-state index is 13.5. The van der Waals surface area contributed by atoms with Crippen LogP contribution in [0.1, 0.15) is 32.3 Å². The van der Waals surface area contributed by atoms with E-state index in [1.807, 2.05) is 13.8 Å². The van der Waals surface area contributed by atoms with Crippen molar-refractivity contribution in [2.24, 2.45) is 0 Å². The van der Waals surface area contributed by atoms with Crippen LogP contribution in [0.25, 0.3) is 6.08 Å². The van der Waals surface area contributed by atoms with Gasteiger partial charge in [0.25, 0.3) is 0 Å². The molecule has 1 amide bonds. The lowest BCUT2D eigenvalue weighted by Gasteiger charge is -2.29. The van der Waals surface area contributed by atoms with Crippen LogP contribution in [-0.4, -0.2) is 35.1 Å². The van der Waals surface area contributed by atoms with Gasteiger partial charge in [-0.2, -0.15) is 0 Å². The highest BCUT2D eigenvalue weighted by Crippen LogP contribution is 2.12. The Morgan fingerprint density at radius 3 is 2.55 bits per heavy atom. The van der Waals surface area contributed by atoms with Crippen LogP contribution in [0.5, 0.6) is 0 Å². The molecule has 1 rings (SSSR count). The molecule has 0 radical (unpaired) electrons. The largest absolute Gasteiger partial charge is 0.395 e. The molecule has 0 aliphatic carbocycles. The molecule has 1 N–H and O–H groups in total. The molecule has 110 valence electrons. The van der Waals surface area contributed by atoms with Crippen LogP contribution < -0.4 is 0 Å². The molecule has 0 aromatic heterocycles. The number of benzene rings is 1. The van der Waals surface area contributed by atoms with Crippen molar-refractivity contribution in [1.29, 1.82) is 0 Å². The highest BCUT2D eigenvalue weighted by Gasteiger charge is 2.18. The van der Waals surface area contributed by atoms with Gasteiger partial charge in [0.2, 0.25) is 5.91 Å². The zero-order valence-electron chi connectivity index (χ0n) is 12.1.